The summed E-state index contributed by atoms with van der Waals surface area (Å²) in [5, 5.41) is 2.05. The van der Waals surface area contributed by atoms with E-state index in [1.54, 1.807) is 23.3 Å². The quantitative estimate of drug-likeness (QED) is 0.835. The van der Waals surface area contributed by atoms with Gasteiger partial charge in [0.25, 0.3) is 5.91 Å². The number of hydrogen-bond donors (Lipinski definition) is 0. The van der Waals surface area contributed by atoms with Crippen LogP contribution in [0, 0.1) is 13.8 Å². The number of thiophene rings is 1. The third-order valence-electron chi connectivity index (χ3n) is 4.77. The Morgan fingerprint density at radius 2 is 2.17 bits per heavy atom. The third-order valence-corrected chi connectivity index (χ3v) is 7.39. The van der Waals surface area contributed by atoms with Gasteiger partial charge in [0, 0.05) is 29.4 Å². The molecule has 1 saturated heterocycles. The Labute approximate surface area is 146 Å². The fraction of sp³-hybridized carbons (Fsp3) is 0.471. The molecule has 1 amide bonds. The van der Waals surface area contributed by atoms with Gasteiger partial charge in [0.1, 0.15) is 0 Å². The van der Waals surface area contributed by atoms with E-state index < -0.39 is 9.84 Å². The Kier molecular flexibility index (Phi) is 4.57. The lowest BCUT2D eigenvalue weighted by atomic mass is 10.1. The van der Waals surface area contributed by atoms with Crippen LogP contribution in [-0.2, 0) is 16.4 Å². The summed E-state index contributed by atoms with van der Waals surface area (Å²) in [6.45, 7) is 4.70. The summed E-state index contributed by atoms with van der Waals surface area (Å²) in [5.41, 5.74) is 2.63. The average molecular weight is 367 g/mol. The van der Waals surface area contributed by atoms with Gasteiger partial charge in [-0.3, -0.25) is 4.79 Å². The first-order valence-corrected chi connectivity index (χ1v) is 10.7. The number of aromatic nitrogens is 1. The van der Waals surface area contributed by atoms with Crippen LogP contribution in [0.25, 0.3) is 0 Å². The molecule has 1 unspecified atom stereocenters. The lowest BCUT2D eigenvalue weighted by Gasteiger charge is -2.23. The van der Waals surface area contributed by atoms with E-state index in [4.69, 9.17) is 0 Å². The van der Waals surface area contributed by atoms with Crippen molar-refractivity contribution >= 4 is 27.1 Å². The van der Waals surface area contributed by atoms with Crippen LogP contribution in [0.5, 0.6) is 0 Å². The maximum Gasteiger partial charge on any atom is 0.255 e. The van der Waals surface area contributed by atoms with E-state index in [9.17, 15) is 13.2 Å². The summed E-state index contributed by atoms with van der Waals surface area (Å²) < 4.78 is 25.5. The van der Waals surface area contributed by atoms with Crippen molar-refractivity contribution in [3.8, 4) is 0 Å². The van der Waals surface area contributed by atoms with Crippen LogP contribution in [-0.4, -0.2) is 48.4 Å². The minimum absolute atomic E-state index is 0.0726. The molecule has 2 aromatic rings. The molecule has 0 N–H and O–H groups in total. The minimum Gasteiger partial charge on any atom is -0.343 e. The van der Waals surface area contributed by atoms with Gasteiger partial charge < -0.3 is 9.47 Å². The van der Waals surface area contributed by atoms with Gasteiger partial charge in [0.05, 0.1) is 23.6 Å². The van der Waals surface area contributed by atoms with Crippen LogP contribution in [0.15, 0.2) is 23.6 Å². The zero-order valence-electron chi connectivity index (χ0n) is 14.2. The van der Waals surface area contributed by atoms with Crippen molar-refractivity contribution in [3.05, 3.63) is 45.4 Å². The smallest absolute Gasteiger partial charge is 0.255 e. The number of carbonyl (C=O) groups is 1. The SMILES string of the molecule is Cc1cc(C(=O)N(C)C2CCS(=O)(=O)C2)c(C)n1Cc1cccs1. The summed E-state index contributed by atoms with van der Waals surface area (Å²) in [7, 11) is -1.29. The highest BCUT2D eigenvalue weighted by Crippen LogP contribution is 2.23. The Hall–Kier alpha value is -1.60. The second kappa shape index (κ2) is 6.37. The number of amides is 1. The van der Waals surface area contributed by atoms with Gasteiger partial charge in [0.2, 0.25) is 0 Å². The van der Waals surface area contributed by atoms with E-state index in [0.29, 0.717) is 12.0 Å². The maximum absolute atomic E-state index is 12.9. The molecule has 0 aromatic carbocycles. The summed E-state index contributed by atoms with van der Waals surface area (Å²) >= 11 is 1.70. The molecule has 1 aliphatic heterocycles. The van der Waals surface area contributed by atoms with Crippen LogP contribution in [0.3, 0.4) is 0 Å². The first-order valence-electron chi connectivity index (χ1n) is 7.95. The van der Waals surface area contributed by atoms with Crippen LogP contribution in [0.1, 0.15) is 33.0 Å². The summed E-state index contributed by atoms with van der Waals surface area (Å²) in [4.78, 5) is 15.7. The molecule has 0 radical (unpaired) electrons. The van der Waals surface area contributed by atoms with E-state index in [1.165, 1.54) is 4.88 Å². The van der Waals surface area contributed by atoms with Crippen molar-refractivity contribution in [2.45, 2.75) is 32.9 Å². The molecule has 1 atom stereocenters. The van der Waals surface area contributed by atoms with Crippen LogP contribution < -0.4 is 0 Å². The summed E-state index contributed by atoms with van der Waals surface area (Å²) in [5.74, 6) is 0.151. The van der Waals surface area contributed by atoms with Crippen molar-refractivity contribution in [2.75, 3.05) is 18.6 Å². The molecule has 0 aliphatic carbocycles. The minimum atomic E-state index is -3.00. The molecule has 130 valence electrons. The topological polar surface area (TPSA) is 59.4 Å². The van der Waals surface area contributed by atoms with Crippen LogP contribution in [0.4, 0.5) is 0 Å². The van der Waals surface area contributed by atoms with Gasteiger partial charge in [-0.2, -0.15) is 0 Å². The van der Waals surface area contributed by atoms with Crippen molar-refractivity contribution in [2.24, 2.45) is 0 Å². The predicted molar refractivity (Wildman–Crippen MR) is 96.5 cm³/mol. The highest BCUT2D eigenvalue weighted by Gasteiger charge is 2.33. The number of hydrogen-bond acceptors (Lipinski definition) is 4. The van der Waals surface area contributed by atoms with Gasteiger partial charge in [-0.15, -0.1) is 11.3 Å². The molecule has 2 aromatic heterocycles. The van der Waals surface area contributed by atoms with E-state index >= 15 is 0 Å². The molecule has 1 fully saturated rings. The number of aryl methyl sites for hydroxylation is 1. The Bertz CT molecular complexity index is 851. The molecule has 0 saturated carbocycles. The Balaban J connectivity index is 1.83. The van der Waals surface area contributed by atoms with E-state index in [1.807, 2.05) is 31.4 Å². The van der Waals surface area contributed by atoms with Crippen molar-refractivity contribution in [3.63, 3.8) is 0 Å². The zero-order chi connectivity index (χ0) is 17.5. The molecule has 3 heterocycles. The summed E-state index contributed by atoms with van der Waals surface area (Å²) in [6, 6.07) is 5.79. The number of nitrogens with zero attached hydrogens (tertiary/aromatic N) is 2. The molecule has 0 bridgehead atoms. The molecule has 1 aliphatic rings. The Morgan fingerprint density at radius 1 is 1.42 bits per heavy atom. The first kappa shape index (κ1) is 17.2. The van der Waals surface area contributed by atoms with E-state index in [0.717, 1.165) is 17.9 Å². The second-order valence-corrected chi connectivity index (χ2v) is 9.68. The van der Waals surface area contributed by atoms with Crippen molar-refractivity contribution in [1.82, 2.24) is 9.47 Å². The molecule has 7 heteroatoms. The fourth-order valence-electron chi connectivity index (χ4n) is 3.26. The highest BCUT2D eigenvalue weighted by molar-refractivity contribution is 7.91. The van der Waals surface area contributed by atoms with Crippen LogP contribution in [0.2, 0.25) is 0 Å². The van der Waals surface area contributed by atoms with Gasteiger partial charge in [0.15, 0.2) is 9.84 Å². The number of carbonyl (C=O) groups excluding carboxylic acids is 1. The highest BCUT2D eigenvalue weighted by atomic mass is 32.2. The normalized spacial score (nSPS) is 19.5. The number of sulfone groups is 1. The average Bonchev–Trinajstić information content (AvgIpc) is 3.22. The fourth-order valence-corrected chi connectivity index (χ4v) is 5.72. The molecule has 5 nitrogen and oxygen atoms in total. The van der Waals surface area contributed by atoms with Gasteiger partial charge in [-0.25, -0.2) is 8.42 Å². The van der Waals surface area contributed by atoms with E-state index in [-0.39, 0.29) is 23.5 Å². The van der Waals surface area contributed by atoms with Crippen molar-refractivity contribution < 1.29 is 13.2 Å². The third kappa shape index (κ3) is 3.28. The molecule has 24 heavy (non-hydrogen) atoms. The van der Waals surface area contributed by atoms with E-state index in [2.05, 4.69) is 10.6 Å². The largest absolute Gasteiger partial charge is 0.343 e. The molecule has 3 rings (SSSR count). The molecule has 0 spiro atoms. The summed E-state index contributed by atoms with van der Waals surface area (Å²) in [6.07, 6.45) is 0.526. The number of rotatable bonds is 4. The monoisotopic (exact) mass is 366 g/mol. The van der Waals surface area contributed by atoms with Crippen LogP contribution >= 0.6 is 11.3 Å². The molecular weight excluding hydrogens is 344 g/mol. The van der Waals surface area contributed by atoms with Gasteiger partial charge in [-0.05, 0) is 37.8 Å². The van der Waals surface area contributed by atoms with Gasteiger partial charge >= 0.3 is 0 Å². The lowest BCUT2D eigenvalue weighted by Crippen LogP contribution is -2.38. The first-order chi connectivity index (χ1) is 11.3. The standard InChI is InChI=1S/C17H22N2O3S2/c1-12-9-16(13(2)19(12)10-15-5-4-7-23-15)17(20)18(3)14-6-8-24(21,22)11-14/h4-5,7,9,14H,6,8,10-11H2,1-3H3. The maximum atomic E-state index is 12.9. The van der Waals surface area contributed by atoms with Crippen molar-refractivity contribution in [1.29, 1.82) is 0 Å². The molecular formula is C17H22N2O3S2. The zero-order valence-corrected chi connectivity index (χ0v) is 15.8. The van der Waals surface area contributed by atoms with Gasteiger partial charge in [-0.1, -0.05) is 6.07 Å². The Morgan fingerprint density at radius 3 is 2.75 bits per heavy atom. The lowest BCUT2D eigenvalue weighted by molar-refractivity contribution is 0.0747. The predicted octanol–water partition coefficient (Wildman–Crippen LogP) is 2.47. The second-order valence-electron chi connectivity index (χ2n) is 6.42.